The first-order chi connectivity index (χ1) is 10.6. The van der Waals surface area contributed by atoms with Gasteiger partial charge >= 0.3 is 5.97 Å². The number of hydrogen-bond donors (Lipinski definition) is 1. The number of carbonyl (C=O) groups excluding carboxylic acids is 1. The zero-order valence-corrected chi connectivity index (χ0v) is 12.2. The number of tetrazole rings is 1. The maximum Gasteiger partial charge on any atom is 0.303 e. The van der Waals surface area contributed by atoms with Gasteiger partial charge in [0.15, 0.2) is 0 Å². The quantitative estimate of drug-likeness (QED) is 0.806. The second-order valence-corrected chi connectivity index (χ2v) is 4.82. The molecular weight excluding hydrogens is 286 g/mol. The Morgan fingerprint density at radius 2 is 2.00 bits per heavy atom. The zero-order valence-electron chi connectivity index (χ0n) is 12.2. The van der Waals surface area contributed by atoms with Crippen LogP contribution >= 0.6 is 0 Å². The fraction of sp³-hybridized carbons (Fsp3) is 0.357. The molecule has 0 unspecified atom stereocenters. The summed E-state index contributed by atoms with van der Waals surface area (Å²) in [7, 11) is 1.62. The van der Waals surface area contributed by atoms with Crippen LogP contribution in [0.15, 0.2) is 30.3 Å². The van der Waals surface area contributed by atoms with E-state index in [4.69, 9.17) is 5.11 Å². The Labute approximate surface area is 127 Å². The number of hydrogen-bond acceptors (Lipinski definition) is 5. The van der Waals surface area contributed by atoms with Crippen LogP contribution < -0.4 is 0 Å². The number of rotatable bonds is 7. The van der Waals surface area contributed by atoms with Crippen LogP contribution in [0.1, 0.15) is 12.8 Å². The molecule has 0 fully saturated rings. The molecule has 0 aliphatic heterocycles. The summed E-state index contributed by atoms with van der Waals surface area (Å²) in [5, 5.41) is 20.5. The number of benzene rings is 1. The predicted molar refractivity (Wildman–Crippen MR) is 77.8 cm³/mol. The SMILES string of the molecule is CN(CCCC(=O)O)C(=O)Cn1nnc(-c2ccccc2)n1. The maximum atomic E-state index is 12.0. The van der Waals surface area contributed by atoms with Crippen molar-refractivity contribution in [3.05, 3.63) is 30.3 Å². The minimum atomic E-state index is -0.869. The Morgan fingerprint density at radius 3 is 2.68 bits per heavy atom. The van der Waals surface area contributed by atoms with Gasteiger partial charge in [-0.25, -0.2) is 0 Å². The van der Waals surface area contributed by atoms with E-state index in [1.165, 1.54) is 9.70 Å². The van der Waals surface area contributed by atoms with E-state index in [1.54, 1.807) is 7.05 Å². The van der Waals surface area contributed by atoms with E-state index in [9.17, 15) is 9.59 Å². The van der Waals surface area contributed by atoms with Gasteiger partial charge in [0.05, 0.1) is 0 Å². The van der Waals surface area contributed by atoms with Crippen molar-refractivity contribution in [3.63, 3.8) is 0 Å². The summed E-state index contributed by atoms with van der Waals surface area (Å²) in [6, 6.07) is 9.36. The molecular formula is C14H17N5O3. The number of carboxylic acid groups (broad SMARTS) is 1. The summed E-state index contributed by atoms with van der Waals surface area (Å²) in [5.74, 6) is -0.601. The third-order valence-electron chi connectivity index (χ3n) is 3.07. The number of carbonyl (C=O) groups is 2. The molecule has 1 heterocycles. The van der Waals surface area contributed by atoms with Crippen LogP contribution in [0, 0.1) is 0 Å². The maximum absolute atomic E-state index is 12.0. The first kappa shape index (κ1) is 15.6. The summed E-state index contributed by atoms with van der Waals surface area (Å²) in [6.07, 6.45) is 0.453. The molecule has 0 aliphatic rings. The highest BCUT2D eigenvalue weighted by atomic mass is 16.4. The molecule has 0 atom stereocenters. The van der Waals surface area contributed by atoms with Gasteiger partial charge in [0.2, 0.25) is 11.7 Å². The van der Waals surface area contributed by atoms with Gasteiger partial charge in [0.1, 0.15) is 6.54 Å². The third kappa shape index (κ3) is 4.37. The molecule has 0 saturated heterocycles. The van der Waals surface area contributed by atoms with E-state index in [0.29, 0.717) is 18.8 Å². The van der Waals surface area contributed by atoms with E-state index in [2.05, 4.69) is 15.4 Å². The fourth-order valence-electron chi connectivity index (χ4n) is 1.85. The predicted octanol–water partition coefficient (Wildman–Crippen LogP) is 0.663. The Kier molecular flexibility index (Phi) is 5.18. The Bertz CT molecular complexity index is 641. The molecule has 22 heavy (non-hydrogen) atoms. The molecule has 0 bridgehead atoms. The van der Waals surface area contributed by atoms with Gasteiger partial charge in [-0.2, -0.15) is 4.80 Å². The van der Waals surface area contributed by atoms with Gasteiger partial charge in [-0.15, -0.1) is 10.2 Å². The van der Waals surface area contributed by atoms with Crippen LogP contribution in [0.4, 0.5) is 0 Å². The second-order valence-electron chi connectivity index (χ2n) is 4.82. The Balaban J connectivity index is 1.89. The van der Waals surface area contributed by atoms with Crippen LogP contribution in [-0.4, -0.2) is 55.7 Å². The molecule has 0 spiro atoms. The molecule has 8 heteroatoms. The summed E-state index contributed by atoms with van der Waals surface area (Å²) >= 11 is 0. The smallest absolute Gasteiger partial charge is 0.303 e. The van der Waals surface area contributed by atoms with Crippen molar-refractivity contribution in [3.8, 4) is 11.4 Å². The summed E-state index contributed by atoms with van der Waals surface area (Å²) in [4.78, 5) is 25.1. The molecule has 2 aromatic rings. The van der Waals surface area contributed by atoms with Crippen LogP contribution in [0.3, 0.4) is 0 Å². The zero-order chi connectivity index (χ0) is 15.9. The van der Waals surface area contributed by atoms with Crippen molar-refractivity contribution in [1.29, 1.82) is 0 Å². The first-order valence-electron chi connectivity index (χ1n) is 6.85. The lowest BCUT2D eigenvalue weighted by Gasteiger charge is -2.15. The van der Waals surface area contributed by atoms with Crippen molar-refractivity contribution in [2.75, 3.05) is 13.6 Å². The average molecular weight is 303 g/mol. The summed E-state index contributed by atoms with van der Waals surface area (Å²) in [6.45, 7) is 0.356. The number of amides is 1. The lowest BCUT2D eigenvalue weighted by atomic mass is 10.2. The lowest BCUT2D eigenvalue weighted by Crippen LogP contribution is -2.32. The highest BCUT2D eigenvalue weighted by Crippen LogP contribution is 2.11. The highest BCUT2D eigenvalue weighted by Gasteiger charge is 2.13. The van der Waals surface area contributed by atoms with E-state index in [0.717, 1.165) is 5.56 Å². The van der Waals surface area contributed by atoms with Crippen LogP contribution in [0.5, 0.6) is 0 Å². The molecule has 1 N–H and O–H groups in total. The standard InChI is InChI=1S/C14H17N5O3/c1-18(9-5-8-13(21)22)12(20)10-19-16-14(15-17-19)11-6-3-2-4-7-11/h2-4,6-7H,5,8-10H2,1H3,(H,21,22). The number of likely N-dealkylation sites (N-methyl/N-ethyl adjacent to an activating group) is 1. The molecule has 1 amide bonds. The molecule has 1 aromatic heterocycles. The Hall–Kier alpha value is -2.77. The van der Waals surface area contributed by atoms with Gasteiger partial charge in [0.25, 0.3) is 0 Å². The molecule has 1 aromatic carbocycles. The van der Waals surface area contributed by atoms with Crippen molar-refractivity contribution in [2.24, 2.45) is 0 Å². The number of aliphatic carboxylic acids is 1. The van der Waals surface area contributed by atoms with Gasteiger partial charge in [-0.05, 0) is 11.6 Å². The average Bonchev–Trinajstić information content (AvgIpc) is 2.96. The minimum absolute atomic E-state index is 0.0244. The van der Waals surface area contributed by atoms with Gasteiger partial charge in [-0.3, -0.25) is 9.59 Å². The summed E-state index contributed by atoms with van der Waals surface area (Å²) in [5.41, 5.74) is 0.830. The fourth-order valence-corrected chi connectivity index (χ4v) is 1.85. The minimum Gasteiger partial charge on any atom is -0.481 e. The monoisotopic (exact) mass is 303 g/mol. The molecule has 116 valence electrons. The van der Waals surface area contributed by atoms with E-state index in [1.807, 2.05) is 30.3 Å². The number of nitrogens with zero attached hydrogens (tertiary/aromatic N) is 5. The van der Waals surface area contributed by atoms with E-state index in [-0.39, 0.29) is 18.9 Å². The van der Waals surface area contributed by atoms with Crippen molar-refractivity contribution in [2.45, 2.75) is 19.4 Å². The normalized spacial score (nSPS) is 10.4. The van der Waals surface area contributed by atoms with Gasteiger partial charge in [0, 0.05) is 25.6 Å². The number of carboxylic acids is 1. The third-order valence-corrected chi connectivity index (χ3v) is 3.07. The molecule has 0 aliphatic carbocycles. The van der Waals surface area contributed by atoms with E-state index < -0.39 is 5.97 Å². The van der Waals surface area contributed by atoms with Crippen LogP contribution in [0.25, 0.3) is 11.4 Å². The van der Waals surface area contributed by atoms with Gasteiger partial charge in [-0.1, -0.05) is 30.3 Å². The molecule has 8 nitrogen and oxygen atoms in total. The molecule has 0 saturated carbocycles. The Morgan fingerprint density at radius 1 is 1.27 bits per heavy atom. The van der Waals surface area contributed by atoms with E-state index >= 15 is 0 Å². The largest absolute Gasteiger partial charge is 0.481 e. The van der Waals surface area contributed by atoms with Crippen LogP contribution in [0.2, 0.25) is 0 Å². The first-order valence-corrected chi connectivity index (χ1v) is 6.85. The molecule has 0 radical (unpaired) electrons. The topological polar surface area (TPSA) is 101 Å². The summed E-state index contributed by atoms with van der Waals surface area (Å²) < 4.78 is 0. The van der Waals surface area contributed by atoms with Crippen molar-refractivity contribution in [1.82, 2.24) is 25.1 Å². The van der Waals surface area contributed by atoms with Gasteiger partial charge < -0.3 is 10.0 Å². The lowest BCUT2D eigenvalue weighted by molar-refractivity contribution is -0.138. The van der Waals surface area contributed by atoms with Crippen LogP contribution in [-0.2, 0) is 16.1 Å². The highest BCUT2D eigenvalue weighted by molar-refractivity contribution is 5.75. The van der Waals surface area contributed by atoms with Crippen molar-refractivity contribution >= 4 is 11.9 Å². The number of aromatic nitrogens is 4. The second kappa shape index (κ2) is 7.30. The molecule has 2 rings (SSSR count). The van der Waals surface area contributed by atoms with Crippen molar-refractivity contribution < 1.29 is 14.7 Å².